The normalized spacial score (nSPS) is 12.7. The van der Waals surface area contributed by atoms with Crippen LogP contribution in [0.1, 0.15) is 27.7 Å². The van der Waals surface area contributed by atoms with Crippen LogP contribution in [0.3, 0.4) is 0 Å². The first-order chi connectivity index (χ1) is 10.6. The van der Waals surface area contributed by atoms with Gasteiger partial charge < -0.3 is 10.1 Å². The van der Waals surface area contributed by atoms with E-state index in [0.29, 0.717) is 5.69 Å². The molecule has 23 heavy (non-hydrogen) atoms. The van der Waals surface area contributed by atoms with Gasteiger partial charge in [0.1, 0.15) is 6.04 Å². The number of benzene rings is 1. The van der Waals surface area contributed by atoms with E-state index in [2.05, 4.69) is 10.0 Å². The van der Waals surface area contributed by atoms with E-state index >= 15 is 0 Å². The maximum Gasteiger partial charge on any atom is 0.323 e. The van der Waals surface area contributed by atoms with Crippen molar-refractivity contribution in [1.29, 1.82) is 0 Å². The number of hydrogen-bond donors (Lipinski definition) is 2. The molecule has 0 aromatic heterocycles. The molecule has 1 aromatic carbocycles. The van der Waals surface area contributed by atoms with Crippen molar-refractivity contribution in [1.82, 2.24) is 4.72 Å². The monoisotopic (exact) mass is 342 g/mol. The third-order valence-electron chi connectivity index (χ3n) is 2.73. The van der Waals surface area contributed by atoms with Crippen molar-refractivity contribution in [3.8, 4) is 0 Å². The van der Waals surface area contributed by atoms with E-state index < -0.39 is 22.0 Å². The minimum absolute atomic E-state index is 0.00453. The summed E-state index contributed by atoms with van der Waals surface area (Å²) in [6, 6.07) is 4.64. The zero-order chi connectivity index (χ0) is 17.6. The lowest BCUT2D eigenvalue weighted by atomic mass is 10.2. The van der Waals surface area contributed by atoms with Gasteiger partial charge in [-0.3, -0.25) is 9.59 Å². The van der Waals surface area contributed by atoms with Crippen LogP contribution in [-0.2, 0) is 24.3 Å². The fourth-order valence-electron chi connectivity index (χ4n) is 1.64. The van der Waals surface area contributed by atoms with E-state index in [1.165, 1.54) is 38.1 Å². The molecule has 1 aromatic rings. The summed E-state index contributed by atoms with van der Waals surface area (Å²) >= 11 is 0. The molecule has 0 unspecified atom stereocenters. The molecule has 0 spiro atoms. The predicted molar refractivity (Wildman–Crippen MR) is 86.3 cm³/mol. The predicted octanol–water partition coefficient (Wildman–Crippen LogP) is 1.51. The highest BCUT2D eigenvalue weighted by molar-refractivity contribution is 7.89. The number of amides is 1. The van der Waals surface area contributed by atoms with Crippen LogP contribution in [0.2, 0.25) is 0 Å². The van der Waals surface area contributed by atoms with Gasteiger partial charge in [-0.25, -0.2) is 8.42 Å². The first-order valence-electron chi connectivity index (χ1n) is 7.18. The van der Waals surface area contributed by atoms with Crippen LogP contribution in [-0.4, -0.2) is 32.9 Å². The van der Waals surface area contributed by atoms with Crippen molar-refractivity contribution in [2.75, 3.05) is 11.9 Å². The van der Waals surface area contributed by atoms with Gasteiger partial charge in [-0.1, -0.05) is 13.8 Å². The third kappa shape index (κ3) is 6.37. The highest BCUT2D eigenvalue weighted by Gasteiger charge is 2.23. The van der Waals surface area contributed by atoms with Crippen molar-refractivity contribution < 1.29 is 22.7 Å². The van der Waals surface area contributed by atoms with Crippen LogP contribution >= 0.6 is 0 Å². The fourth-order valence-corrected chi connectivity index (χ4v) is 2.84. The summed E-state index contributed by atoms with van der Waals surface area (Å²) in [7, 11) is -3.85. The number of ether oxygens (including phenoxy) is 1. The Balaban J connectivity index is 2.74. The summed E-state index contributed by atoms with van der Waals surface area (Å²) < 4.78 is 31.7. The Morgan fingerprint density at radius 1 is 1.13 bits per heavy atom. The maximum atomic E-state index is 12.2. The molecule has 128 valence electrons. The van der Waals surface area contributed by atoms with Gasteiger partial charge in [-0.05, 0) is 37.1 Å². The van der Waals surface area contributed by atoms with Gasteiger partial charge in [-0.15, -0.1) is 0 Å². The molecule has 1 amide bonds. The average molecular weight is 342 g/mol. The molecular weight excluding hydrogens is 320 g/mol. The fraction of sp³-hybridized carbons (Fsp3) is 0.467. The number of sulfonamides is 1. The zero-order valence-corrected chi connectivity index (χ0v) is 14.4. The Bertz CT molecular complexity index is 653. The van der Waals surface area contributed by atoms with Crippen LogP contribution < -0.4 is 10.0 Å². The van der Waals surface area contributed by atoms with Crippen LogP contribution in [0.15, 0.2) is 29.2 Å². The molecule has 0 bridgehead atoms. The van der Waals surface area contributed by atoms with Crippen LogP contribution in [0.5, 0.6) is 0 Å². The van der Waals surface area contributed by atoms with E-state index in [1.54, 1.807) is 0 Å². The molecule has 0 radical (unpaired) electrons. The highest BCUT2D eigenvalue weighted by atomic mass is 32.2. The average Bonchev–Trinajstić information content (AvgIpc) is 2.44. The SMILES string of the molecule is CC(=O)Nc1ccc(S(=O)(=O)N[C@@H](C)C(=O)OCC(C)C)cc1. The number of rotatable bonds is 7. The molecular formula is C15H22N2O5S. The lowest BCUT2D eigenvalue weighted by Gasteiger charge is -2.15. The number of carbonyl (C=O) groups excluding carboxylic acids is 2. The van der Waals surface area contributed by atoms with Crippen LogP contribution in [0.25, 0.3) is 0 Å². The molecule has 2 N–H and O–H groups in total. The molecule has 7 nitrogen and oxygen atoms in total. The summed E-state index contributed by atoms with van der Waals surface area (Å²) in [5.41, 5.74) is 0.487. The topological polar surface area (TPSA) is 102 Å². The Kier molecular flexibility index (Phi) is 6.71. The van der Waals surface area contributed by atoms with Gasteiger partial charge in [0, 0.05) is 12.6 Å². The standard InChI is InChI=1S/C15H22N2O5S/c1-10(2)9-22-15(19)11(3)17-23(20,21)14-7-5-13(6-8-14)16-12(4)18/h5-8,10-11,17H,9H2,1-4H3,(H,16,18)/t11-/m0/s1. The minimum atomic E-state index is -3.85. The molecule has 0 saturated heterocycles. The summed E-state index contributed by atoms with van der Waals surface area (Å²) in [4.78, 5) is 22.7. The quantitative estimate of drug-likeness (QED) is 0.731. The third-order valence-corrected chi connectivity index (χ3v) is 4.29. The number of carbonyl (C=O) groups is 2. The number of anilines is 1. The van der Waals surface area contributed by atoms with E-state index in [-0.39, 0.29) is 23.3 Å². The smallest absolute Gasteiger partial charge is 0.323 e. The van der Waals surface area contributed by atoms with Crippen molar-refractivity contribution in [3.63, 3.8) is 0 Å². The number of nitrogens with one attached hydrogen (secondary N) is 2. The Morgan fingerprint density at radius 3 is 2.17 bits per heavy atom. The van der Waals surface area contributed by atoms with Crippen molar-refractivity contribution >= 4 is 27.6 Å². The summed E-state index contributed by atoms with van der Waals surface area (Å²) in [6.07, 6.45) is 0. The minimum Gasteiger partial charge on any atom is -0.464 e. The molecule has 0 saturated carbocycles. The first kappa shape index (κ1) is 19.1. The molecule has 0 aliphatic heterocycles. The second kappa shape index (κ2) is 8.07. The maximum absolute atomic E-state index is 12.2. The highest BCUT2D eigenvalue weighted by Crippen LogP contribution is 2.14. The van der Waals surface area contributed by atoms with Gasteiger partial charge in [0.2, 0.25) is 15.9 Å². The summed E-state index contributed by atoms with van der Waals surface area (Å²) in [5, 5.41) is 2.54. The molecule has 1 rings (SSSR count). The largest absolute Gasteiger partial charge is 0.464 e. The van der Waals surface area contributed by atoms with Gasteiger partial charge >= 0.3 is 5.97 Å². The van der Waals surface area contributed by atoms with Gasteiger partial charge in [0.25, 0.3) is 0 Å². The molecule has 0 aliphatic rings. The molecule has 0 aliphatic carbocycles. The second-order valence-electron chi connectivity index (χ2n) is 5.57. The molecule has 0 heterocycles. The second-order valence-corrected chi connectivity index (χ2v) is 7.29. The van der Waals surface area contributed by atoms with E-state index in [4.69, 9.17) is 4.74 Å². The lowest BCUT2D eigenvalue weighted by molar-refractivity contribution is -0.146. The van der Waals surface area contributed by atoms with Crippen LogP contribution in [0, 0.1) is 5.92 Å². The zero-order valence-electron chi connectivity index (χ0n) is 13.6. The Hall–Kier alpha value is -1.93. The Labute approximate surface area is 136 Å². The van der Waals surface area contributed by atoms with E-state index in [9.17, 15) is 18.0 Å². The van der Waals surface area contributed by atoms with Gasteiger partial charge in [0.05, 0.1) is 11.5 Å². The number of hydrogen-bond acceptors (Lipinski definition) is 5. The molecule has 1 atom stereocenters. The van der Waals surface area contributed by atoms with Crippen molar-refractivity contribution in [2.45, 2.75) is 38.6 Å². The first-order valence-corrected chi connectivity index (χ1v) is 8.66. The van der Waals surface area contributed by atoms with Gasteiger partial charge in [0.15, 0.2) is 0 Å². The number of esters is 1. The van der Waals surface area contributed by atoms with Crippen molar-refractivity contribution in [2.24, 2.45) is 5.92 Å². The molecule has 0 fully saturated rings. The van der Waals surface area contributed by atoms with E-state index in [0.717, 1.165) is 0 Å². The summed E-state index contributed by atoms with van der Waals surface area (Å²) in [6.45, 7) is 6.79. The lowest BCUT2D eigenvalue weighted by Crippen LogP contribution is -2.39. The summed E-state index contributed by atoms with van der Waals surface area (Å²) in [5.74, 6) is -0.707. The van der Waals surface area contributed by atoms with Crippen LogP contribution in [0.4, 0.5) is 5.69 Å². The van der Waals surface area contributed by atoms with Gasteiger partial charge in [-0.2, -0.15) is 4.72 Å². The Morgan fingerprint density at radius 2 is 1.70 bits per heavy atom. The van der Waals surface area contributed by atoms with Crippen molar-refractivity contribution in [3.05, 3.63) is 24.3 Å². The van der Waals surface area contributed by atoms with E-state index in [1.807, 2.05) is 13.8 Å². The molecule has 8 heteroatoms.